The Morgan fingerprint density at radius 3 is 3.05 bits per heavy atom. The predicted molar refractivity (Wildman–Crippen MR) is 87.1 cm³/mol. The summed E-state index contributed by atoms with van der Waals surface area (Å²) in [5.41, 5.74) is 1.29. The number of methoxy groups -OCH3 is 1. The number of unbranched alkanes of at least 4 members (excludes halogenated alkanes) is 1. The summed E-state index contributed by atoms with van der Waals surface area (Å²) in [5.74, 6) is 1.02. The molecule has 2 rings (SSSR count). The minimum Gasteiger partial charge on any atom is -0.488 e. The first-order chi connectivity index (χ1) is 10.3. The van der Waals surface area contributed by atoms with Crippen LogP contribution in [0.3, 0.4) is 0 Å². The molecule has 1 aromatic carbocycles. The largest absolute Gasteiger partial charge is 0.488 e. The highest BCUT2D eigenvalue weighted by Crippen LogP contribution is 2.30. The number of hydrogen-bond donors (Lipinski definition) is 1. The standard InChI is InChI=1S/C16H24BrNO3/c1-19-8-9-20-7-3-2-6-18-12-15-11-13-10-14(17)4-5-16(13)21-15/h4-5,10,15,18H,2-3,6-9,11-12H2,1H3. The lowest BCUT2D eigenvalue weighted by Crippen LogP contribution is -2.30. The topological polar surface area (TPSA) is 39.7 Å². The molecule has 5 heteroatoms. The fraction of sp³-hybridized carbons (Fsp3) is 0.625. The molecule has 118 valence electrons. The molecule has 4 nitrogen and oxygen atoms in total. The molecule has 1 unspecified atom stereocenters. The normalized spacial score (nSPS) is 16.8. The summed E-state index contributed by atoms with van der Waals surface area (Å²) in [6.45, 7) is 4.08. The highest BCUT2D eigenvalue weighted by atomic mass is 79.9. The maximum Gasteiger partial charge on any atom is 0.123 e. The summed E-state index contributed by atoms with van der Waals surface area (Å²) in [5, 5.41) is 3.46. The quantitative estimate of drug-likeness (QED) is 0.653. The number of benzene rings is 1. The van der Waals surface area contributed by atoms with Crippen LogP contribution in [0.4, 0.5) is 0 Å². The van der Waals surface area contributed by atoms with Crippen molar-refractivity contribution in [1.82, 2.24) is 5.32 Å². The molecule has 0 amide bonds. The highest BCUT2D eigenvalue weighted by molar-refractivity contribution is 9.10. The van der Waals surface area contributed by atoms with Gasteiger partial charge >= 0.3 is 0 Å². The Morgan fingerprint density at radius 1 is 1.29 bits per heavy atom. The van der Waals surface area contributed by atoms with E-state index in [1.165, 1.54) is 5.56 Å². The van der Waals surface area contributed by atoms with Crippen molar-refractivity contribution in [2.75, 3.05) is 40.0 Å². The van der Waals surface area contributed by atoms with Gasteiger partial charge in [0.1, 0.15) is 11.9 Å². The van der Waals surface area contributed by atoms with Crippen LogP contribution in [0.2, 0.25) is 0 Å². The third kappa shape index (κ3) is 5.94. The van der Waals surface area contributed by atoms with Gasteiger partial charge in [0.2, 0.25) is 0 Å². The van der Waals surface area contributed by atoms with E-state index in [0.717, 1.165) is 49.2 Å². The lowest BCUT2D eigenvalue weighted by Gasteiger charge is -2.11. The Morgan fingerprint density at radius 2 is 2.19 bits per heavy atom. The van der Waals surface area contributed by atoms with Gasteiger partial charge in [-0.1, -0.05) is 15.9 Å². The molecule has 1 aromatic rings. The van der Waals surface area contributed by atoms with Crippen molar-refractivity contribution in [3.05, 3.63) is 28.2 Å². The lowest BCUT2D eigenvalue weighted by molar-refractivity contribution is 0.0687. The molecular weight excluding hydrogens is 334 g/mol. The second-order valence-corrected chi connectivity index (χ2v) is 6.13. The Hall–Kier alpha value is -0.620. The predicted octanol–water partition coefficient (Wildman–Crippen LogP) is 2.79. The third-order valence-corrected chi connectivity index (χ3v) is 3.95. The molecule has 0 saturated heterocycles. The van der Waals surface area contributed by atoms with Crippen molar-refractivity contribution < 1.29 is 14.2 Å². The number of fused-ring (bicyclic) bond motifs is 1. The van der Waals surface area contributed by atoms with Crippen molar-refractivity contribution in [3.63, 3.8) is 0 Å². The van der Waals surface area contributed by atoms with Crippen molar-refractivity contribution in [2.45, 2.75) is 25.4 Å². The second kappa shape index (κ2) is 9.41. The van der Waals surface area contributed by atoms with Crippen LogP contribution in [-0.2, 0) is 15.9 Å². The molecule has 0 spiro atoms. The Labute approximate surface area is 135 Å². The van der Waals surface area contributed by atoms with Crippen molar-refractivity contribution in [1.29, 1.82) is 0 Å². The van der Waals surface area contributed by atoms with Crippen molar-refractivity contribution in [3.8, 4) is 5.75 Å². The van der Waals surface area contributed by atoms with Gasteiger partial charge in [0, 0.05) is 31.2 Å². The average Bonchev–Trinajstić information content (AvgIpc) is 2.87. The van der Waals surface area contributed by atoms with Gasteiger partial charge in [-0.25, -0.2) is 0 Å². The molecule has 1 N–H and O–H groups in total. The Kier molecular flexibility index (Phi) is 7.50. The number of halogens is 1. The van der Waals surface area contributed by atoms with E-state index in [9.17, 15) is 0 Å². The van der Waals surface area contributed by atoms with E-state index in [0.29, 0.717) is 13.2 Å². The summed E-state index contributed by atoms with van der Waals surface area (Å²) < 4.78 is 17.4. The first-order valence-corrected chi connectivity index (χ1v) is 8.31. The van der Waals surface area contributed by atoms with Crippen LogP contribution in [0.5, 0.6) is 5.75 Å². The van der Waals surface area contributed by atoms with E-state index >= 15 is 0 Å². The van der Waals surface area contributed by atoms with Crippen molar-refractivity contribution in [2.24, 2.45) is 0 Å². The minimum atomic E-state index is 0.257. The van der Waals surface area contributed by atoms with Crippen LogP contribution in [0.1, 0.15) is 18.4 Å². The van der Waals surface area contributed by atoms with Gasteiger partial charge in [-0.15, -0.1) is 0 Å². The van der Waals surface area contributed by atoms with Gasteiger partial charge < -0.3 is 19.5 Å². The van der Waals surface area contributed by atoms with Gasteiger partial charge in [0.05, 0.1) is 13.2 Å². The average molecular weight is 358 g/mol. The second-order valence-electron chi connectivity index (χ2n) is 5.21. The van der Waals surface area contributed by atoms with Gasteiger partial charge in [0.25, 0.3) is 0 Å². The molecule has 1 aliphatic rings. The third-order valence-electron chi connectivity index (χ3n) is 3.46. The zero-order chi connectivity index (χ0) is 14.9. The molecule has 1 aliphatic heterocycles. The van der Waals surface area contributed by atoms with Crippen LogP contribution >= 0.6 is 15.9 Å². The van der Waals surface area contributed by atoms with Gasteiger partial charge in [0.15, 0.2) is 0 Å². The van der Waals surface area contributed by atoms with Crippen LogP contribution in [0, 0.1) is 0 Å². The molecule has 1 heterocycles. The van der Waals surface area contributed by atoms with Gasteiger partial charge in [-0.2, -0.15) is 0 Å². The van der Waals surface area contributed by atoms with E-state index in [-0.39, 0.29) is 6.10 Å². The molecule has 0 radical (unpaired) electrons. The molecule has 1 atom stereocenters. The van der Waals surface area contributed by atoms with Gasteiger partial charge in [-0.05, 0) is 43.1 Å². The van der Waals surface area contributed by atoms with E-state index in [1.807, 2.05) is 12.1 Å². The Bertz CT molecular complexity index is 428. The summed E-state index contributed by atoms with van der Waals surface area (Å²) in [6.07, 6.45) is 3.45. The maximum atomic E-state index is 5.91. The number of hydrogen-bond acceptors (Lipinski definition) is 4. The monoisotopic (exact) mass is 357 g/mol. The Balaban J connectivity index is 1.49. The molecule has 0 aromatic heterocycles. The first-order valence-electron chi connectivity index (χ1n) is 7.52. The summed E-state index contributed by atoms with van der Waals surface area (Å²) >= 11 is 3.50. The molecule has 0 bridgehead atoms. The highest BCUT2D eigenvalue weighted by Gasteiger charge is 2.22. The zero-order valence-electron chi connectivity index (χ0n) is 12.6. The van der Waals surface area contributed by atoms with Crippen LogP contribution in [-0.4, -0.2) is 46.1 Å². The summed E-state index contributed by atoms with van der Waals surface area (Å²) in [6, 6.07) is 6.21. The number of rotatable bonds is 10. The van der Waals surface area contributed by atoms with Crippen LogP contribution < -0.4 is 10.1 Å². The van der Waals surface area contributed by atoms with Gasteiger partial charge in [-0.3, -0.25) is 0 Å². The van der Waals surface area contributed by atoms with E-state index in [2.05, 4.69) is 27.3 Å². The molecule has 0 saturated carbocycles. The minimum absolute atomic E-state index is 0.257. The number of nitrogens with one attached hydrogen (secondary N) is 1. The van der Waals surface area contributed by atoms with E-state index in [1.54, 1.807) is 7.11 Å². The molecule has 0 aliphatic carbocycles. The molecular formula is C16H24BrNO3. The number of ether oxygens (including phenoxy) is 3. The van der Waals surface area contributed by atoms with Crippen LogP contribution in [0.15, 0.2) is 22.7 Å². The zero-order valence-corrected chi connectivity index (χ0v) is 14.2. The van der Waals surface area contributed by atoms with E-state index < -0.39 is 0 Å². The summed E-state index contributed by atoms with van der Waals surface area (Å²) in [7, 11) is 1.69. The first kappa shape index (κ1) is 16.7. The smallest absolute Gasteiger partial charge is 0.123 e. The fourth-order valence-corrected chi connectivity index (χ4v) is 2.77. The van der Waals surface area contributed by atoms with Crippen LogP contribution in [0.25, 0.3) is 0 Å². The van der Waals surface area contributed by atoms with E-state index in [4.69, 9.17) is 14.2 Å². The fourth-order valence-electron chi connectivity index (χ4n) is 2.36. The maximum absolute atomic E-state index is 5.91. The molecule has 0 fully saturated rings. The summed E-state index contributed by atoms with van der Waals surface area (Å²) in [4.78, 5) is 0. The van der Waals surface area contributed by atoms with Crippen molar-refractivity contribution >= 4 is 15.9 Å². The SMILES string of the molecule is COCCOCCCCNCC1Cc2cc(Br)ccc2O1. The molecule has 21 heavy (non-hydrogen) atoms. The lowest BCUT2D eigenvalue weighted by atomic mass is 10.1.